The Kier molecular flexibility index (Phi) is 3.45. The van der Waals surface area contributed by atoms with Gasteiger partial charge in [-0.05, 0) is 19.4 Å². The van der Waals surface area contributed by atoms with E-state index in [4.69, 9.17) is 10.8 Å². The summed E-state index contributed by atoms with van der Waals surface area (Å²) in [5.41, 5.74) is 6.50. The fourth-order valence-corrected chi connectivity index (χ4v) is 1.65. The molecule has 0 aromatic heterocycles. The van der Waals surface area contributed by atoms with E-state index >= 15 is 0 Å². The van der Waals surface area contributed by atoms with Crippen LogP contribution in [0.25, 0.3) is 0 Å². The highest BCUT2D eigenvalue weighted by Gasteiger charge is 2.26. The molecule has 0 saturated carbocycles. The highest BCUT2D eigenvalue weighted by molar-refractivity contribution is 5.73. The maximum Gasteiger partial charge on any atom is 0.322 e. The number of piperidine rings is 1. The van der Waals surface area contributed by atoms with Gasteiger partial charge in [-0.25, -0.2) is 0 Å². The first-order chi connectivity index (χ1) is 6.15. The van der Waals surface area contributed by atoms with Gasteiger partial charge >= 0.3 is 5.97 Å². The number of carboxylic acid groups (broad SMARTS) is 1. The predicted molar refractivity (Wildman–Crippen MR) is 50.4 cm³/mol. The topological polar surface area (TPSA) is 66.6 Å². The Balaban J connectivity index is 2.57. The van der Waals surface area contributed by atoms with Crippen LogP contribution in [0.15, 0.2) is 12.2 Å². The lowest BCUT2D eigenvalue weighted by molar-refractivity contribution is -0.142. The Morgan fingerprint density at radius 1 is 1.77 bits per heavy atom. The molecule has 0 aliphatic carbocycles. The number of aliphatic carboxylic acids is 1. The van der Waals surface area contributed by atoms with Crippen molar-refractivity contribution in [1.29, 1.82) is 0 Å². The molecule has 1 rings (SSSR count). The third kappa shape index (κ3) is 2.54. The Morgan fingerprint density at radius 2 is 2.46 bits per heavy atom. The quantitative estimate of drug-likeness (QED) is 0.608. The lowest BCUT2D eigenvalue weighted by Gasteiger charge is -2.32. The largest absolute Gasteiger partial charge is 0.480 e. The van der Waals surface area contributed by atoms with Gasteiger partial charge in [-0.15, -0.1) is 0 Å². The second-order valence-electron chi connectivity index (χ2n) is 3.41. The summed E-state index contributed by atoms with van der Waals surface area (Å²) in [6.45, 7) is 5.52. The average Bonchev–Trinajstić information content (AvgIpc) is 2.04. The molecule has 3 N–H and O–H groups in total. The zero-order valence-electron chi connectivity index (χ0n) is 7.70. The summed E-state index contributed by atoms with van der Waals surface area (Å²) < 4.78 is 0. The number of carboxylic acids is 1. The maximum absolute atomic E-state index is 10.8. The summed E-state index contributed by atoms with van der Waals surface area (Å²) in [7, 11) is 0. The minimum absolute atomic E-state index is 0.169. The molecule has 0 radical (unpaired) electrons. The summed E-state index contributed by atoms with van der Waals surface area (Å²) in [5, 5.41) is 8.86. The molecule has 4 nitrogen and oxygen atoms in total. The summed E-state index contributed by atoms with van der Waals surface area (Å²) in [4.78, 5) is 12.7. The number of nitrogens with zero attached hydrogens (tertiary/aromatic N) is 1. The molecule has 0 amide bonds. The van der Waals surface area contributed by atoms with E-state index in [1.807, 2.05) is 4.90 Å². The van der Waals surface area contributed by atoms with Crippen molar-refractivity contribution in [2.45, 2.75) is 18.9 Å². The van der Waals surface area contributed by atoms with Gasteiger partial charge in [-0.1, -0.05) is 12.2 Å². The fraction of sp³-hybridized carbons (Fsp3) is 0.667. The van der Waals surface area contributed by atoms with Crippen LogP contribution in [0.4, 0.5) is 0 Å². The highest BCUT2D eigenvalue weighted by atomic mass is 16.4. The molecule has 0 spiro atoms. The minimum Gasteiger partial charge on any atom is -0.480 e. The summed E-state index contributed by atoms with van der Waals surface area (Å²) in [6, 6.07) is -0.544. The van der Waals surface area contributed by atoms with Crippen molar-refractivity contribution in [3.63, 3.8) is 0 Å². The Hall–Kier alpha value is -0.870. The van der Waals surface area contributed by atoms with Gasteiger partial charge in [0.2, 0.25) is 0 Å². The molecule has 1 aliphatic heterocycles. The summed E-state index contributed by atoms with van der Waals surface area (Å²) in [6.07, 6.45) is 2.00. The van der Waals surface area contributed by atoms with Gasteiger partial charge in [0, 0.05) is 13.1 Å². The minimum atomic E-state index is -0.836. The number of nitrogens with two attached hydrogens (primary N) is 1. The van der Waals surface area contributed by atoms with E-state index in [1.165, 1.54) is 0 Å². The van der Waals surface area contributed by atoms with Crippen LogP contribution in [0.3, 0.4) is 0 Å². The van der Waals surface area contributed by atoms with Crippen LogP contribution in [-0.4, -0.2) is 41.7 Å². The monoisotopic (exact) mass is 184 g/mol. The van der Waals surface area contributed by atoms with Gasteiger partial charge in [0.15, 0.2) is 0 Å². The lowest BCUT2D eigenvalue weighted by atomic mass is 10.0. The SMILES string of the molecule is C=C1CCCN(C(CN)C(=O)O)C1. The van der Waals surface area contributed by atoms with Crippen molar-refractivity contribution in [1.82, 2.24) is 4.90 Å². The van der Waals surface area contributed by atoms with Crippen LogP contribution in [0.2, 0.25) is 0 Å². The van der Waals surface area contributed by atoms with Crippen LogP contribution < -0.4 is 5.73 Å². The Bertz CT molecular complexity index is 216. The molecule has 1 saturated heterocycles. The molecule has 0 bridgehead atoms. The molecule has 1 unspecified atom stereocenters. The normalized spacial score (nSPS) is 21.5. The third-order valence-electron chi connectivity index (χ3n) is 2.35. The van der Waals surface area contributed by atoms with Crippen molar-refractivity contribution in [3.05, 3.63) is 12.2 Å². The van der Waals surface area contributed by atoms with Crippen LogP contribution >= 0.6 is 0 Å². The van der Waals surface area contributed by atoms with Crippen LogP contribution in [0.5, 0.6) is 0 Å². The smallest absolute Gasteiger partial charge is 0.322 e. The number of rotatable bonds is 3. The zero-order valence-corrected chi connectivity index (χ0v) is 7.70. The molecule has 1 aliphatic rings. The van der Waals surface area contributed by atoms with Gasteiger partial charge < -0.3 is 10.8 Å². The van der Waals surface area contributed by atoms with Crippen LogP contribution in [0.1, 0.15) is 12.8 Å². The second kappa shape index (κ2) is 4.39. The van der Waals surface area contributed by atoms with Gasteiger partial charge in [0.1, 0.15) is 6.04 Å². The predicted octanol–water partition coefficient (Wildman–Crippen LogP) is 0.0503. The summed E-state index contributed by atoms with van der Waals surface area (Å²) in [5.74, 6) is -0.836. The first-order valence-corrected chi connectivity index (χ1v) is 4.48. The average molecular weight is 184 g/mol. The second-order valence-corrected chi connectivity index (χ2v) is 3.41. The van der Waals surface area contributed by atoms with E-state index in [9.17, 15) is 4.79 Å². The van der Waals surface area contributed by atoms with E-state index in [1.54, 1.807) is 0 Å². The van der Waals surface area contributed by atoms with Gasteiger partial charge in [0.25, 0.3) is 0 Å². The van der Waals surface area contributed by atoms with Crippen molar-refractivity contribution < 1.29 is 9.90 Å². The molecule has 4 heteroatoms. The van der Waals surface area contributed by atoms with E-state index < -0.39 is 12.0 Å². The molecule has 0 aromatic rings. The fourth-order valence-electron chi connectivity index (χ4n) is 1.65. The van der Waals surface area contributed by atoms with Gasteiger partial charge in [-0.3, -0.25) is 9.69 Å². The van der Waals surface area contributed by atoms with Crippen molar-refractivity contribution in [3.8, 4) is 0 Å². The number of hydrogen-bond donors (Lipinski definition) is 2. The van der Waals surface area contributed by atoms with Crippen molar-refractivity contribution in [2.75, 3.05) is 19.6 Å². The van der Waals surface area contributed by atoms with E-state index in [2.05, 4.69) is 6.58 Å². The van der Waals surface area contributed by atoms with E-state index in [0.717, 1.165) is 25.0 Å². The van der Waals surface area contributed by atoms with E-state index in [0.29, 0.717) is 6.54 Å². The molecule has 1 fully saturated rings. The lowest BCUT2D eigenvalue weighted by Crippen LogP contribution is -2.48. The first-order valence-electron chi connectivity index (χ1n) is 4.48. The summed E-state index contributed by atoms with van der Waals surface area (Å²) >= 11 is 0. The number of hydrogen-bond acceptors (Lipinski definition) is 3. The molecule has 1 atom stereocenters. The molecule has 13 heavy (non-hydrogen) atoms. The van der Waals surface area contributed by atoms with Crippen molar-refractivity contribution >= 4 is 5.97 Å². The van der Waals surface area contributed by atoms with Crippen LogP contribution in [0, 0.1) is 0 Å². The Labute approximate surface area is 78.0 Å². The number of likely N-dealkylation sites (tertiary alicyclic amines) is 1. The number of carbonyl (C=O) groups is 1. The van der Waals surface area contributed by atoms with E-state index in [-0.39, 0.29) is 6.54 Å². The maximum atomic E-state index is 10.8. The molecule has 74 valence electrons. The van der Waals surface area contributed by atoms with Crippen molar-refractivity contribution in [2.24, 2.45) is 5.73 Å². The van der Waals surface area contributed by atoms with Gasteiger partial charge in [-0.2, -0.15) is 0 Å². The standard InChI is InChI=1S/C9H16N2O2/c1-7-3-2-4-11(6-7)8(5-10)9(12)13/h8H,1-6,10H2,(H,12,13). The third-order valence-corrected chi connectivity index (χ3v) is 2.35. The zero-order chi connectivity index (χ0) is 9.84. The molecular weight excluding hydrogens is 168 g/mol. The molecular formula is C9H16N2O2. The van der Waals surface area contributed by atoms with Gasteiger partial charge in [0.05, 0.1) is 0 Å². The van der Waals surface area contributed by atoms with Crippen LogP contribution in [-0.2, 0) is 4.79 Å². The Morgan fingerprint density at radius 3 is 2.92 bits per heavy atom. The molecule has 1 heterocycles. The molecule has 0 aromatic carbocycles. The first kappa shape index (κ1) is 10.2. The highest BCUT2D eigenvalue weighted by Crippen LogP contribution is 2.15.